The molecule has 0 saturated carbocycles. The van der Waals surface area contributed by atoms with E-state index < -0.39 is 11.9 Å². The monoisotopic (exact) mass is 186 g/mol. The summed E-state index contributed by atoms with van der Waals surface area (Å²) in [5, 5.41) is 9.27. The molecule has 0 heterocycles. The van der Waals surface area contributed by atoms with E-state index >= 15 is 0 Å². The second-order valence-electron chi connectivity index (χ2n) is 2.35. The molecule has 0 fully saturated rings. The van der Waals surface area contributed by atoms with Gasteiger partial charge in [-0.3, -0.25) is 0 Å². The number of aliphatic hydroxyl groups is 1. The van der Waals surface area contributed by atoms with E-state index in [-0.39, 0.29) is 5.02 Å². The van der Waals surface area contributed by atoms with Crippen LogP contribution in [0.2, 0.25) is 5.02 Å². The van der Waals surface area contributed by atoms with E-state index in [0.29, 0.717) is 5.56 Å². The predicted molar refractivity (Wildman–Crippen MR) is 46.6 cm³/mol. The van der Waals surface area contributed by atoms with Gasteiger partial charge in [-0.25, -0.2) is 4.39 Å². The molecule has 0 aromatic heterocycles. The van der Waals surface area contributed by atoms with E-state index in [1.165, 1.54) is 18.2 Å². The molecule has 0 aliphatic heterocycles. The summed E-state index contributed by atoms with van der Waals surface area (Å²) in [6.45, 7) is 3.38. The molecule has 1 rings (SSSR count). The smallest absolute Gasteiger partial charge is 0.142 e. The third-order valence-electron chi connectivity index (χ3n) is 1.51. The van der Waals surface area contributed by atoms with Gasteiger partial charge in [-0.15, -0.1) is 6.58 Å². The van der Waals surface area contributed by atoms with Gasteiger partial charge in [0.2, 0.25) is 0 Å². The van der Waals surface area contributed by atoms with Gasteiger partial charge in [0, 0.05) is 0 Å². The van der Waals surface area contributed by atoms with Crippen LogP contribution in [0.3, 0.4) is 0 Å². The van der Waals surface area contributed by atoms with Crippen LogP contribution in [-0.2, 0) is 0 Å². The van der Waals surface area contributed by atoms with Crippen LogP contribution in [0.25, 0.3) is 0 Å². The van der Waals surface area contributed by atoms with Gasteiger partial charge in [0.05, 0.1) is 11.1 Å². The second kappa shape index (κ2) is 3.70. The van der Waals surface area contributed by atoms with Gasteiger partial charge in [0.1, 0.15) is 5.82 Å². The molecule has 0 spiro atoms. The largest absolute Gasteiger partial charge is 0.384 e. The van der Waals surface area contributed by atoms with E-state index in [0.717, 1.165) is 0 Å². The van der Waals surface area contributed by atoms with Crippen LogP contribution in [0, 0.1) is 5.82 Å². The fourth-order valence-electron chi connectivity index (χ4n) is 0.832. The minimum Gasteiger partial charge on any atom is -0.384 e. The summed E-state index contributed by atoms with van der Waals surface area (Å²) in [4.78, 5) is 0. The van der Waals surface area contributed by atoms with Gasteiger partial charge < -0.3 is 5.11 Å². The molecule has 1 nitrogen and oxygen atoms in total. The maximum Gasteiger partial charge on any atom is 0.142 e. The summed E-state index contributed by atoms with van der Waals surface area (Å²) in [6, 6.07) is 4.14. The second-order valence-corrected chi connectivity index (χ2v) is 2.76. The first-order valence-electron chi connectivity index (χ1n) is 3.40. The molecule has 3 heteroatoms. The van der Waals surface area contributed by atoms with E-state index in [2.05, 4.69) is 6.58 Å². The standard InChI is InChI=1S/C9H8ClFO/c1-2-9(12)6-3-4-7(10)8(11)5-6/h2-5,9,12H,1H2. The Morgan fingerprint density at radius 3 is 2.75 bits per heavy atom. The van der Waals surface area contributed by atoms with Crippen LogP contribution in [0.15, 0.2) is 30.9 Å². The van der Waals surface area contributed by atoms with Crippen molar-refractivity contribution in [2.75, 3.05) is 0 Å². The Hall–Kier alpha value is -0.860. The highest BCUT2D eigenvalue weighted by Crippen LogP contribution is 2.20. The van der Waals surface area contributed by atoms with Crippen LogP contribution < -0.4 is 0 Å². The van der Waals surface area contributed by atoms with E-state index in [1.807, 2.05) is 0 Å². The molecule has 0 aliphatic rings. The lowest BCUT2D eigenvalue weighted by atomic mass is 10.1. The van der Waals surface area contributed by atoms with Crippen molar-refractivity contribution >= 4 is 11.6 Å². The number of benzene rings is 1. The zero-order chi connectivity index (χ0) is 9.14. The van der Waals surface area contributed by atoms with Crippen LogP contribution in [0.5, 0.6) is 0 Å². The van der Waals surface area contributed by atoms with Crippen molar-refractivity contribution in [1.29, 1.82) is 0 Å². The number of hydrogen-bond acceptors (Lipinski definition) is 1. The fourth-order valence-corrected chi connectivity index (χ4v) is 0.950. The Balaban J connectivity index is 3.04. The molecule has 0 radical (unpaired) electrons. The lowest BCUT2D eigenvalue weighted by Crippen LogP contribution is -1.93. The van der Waals surface area contributed by atoms with E-state index in [4.69, 9.17) is 11.6 Å². The summed E-state index contributed by atoms with van der Waals surface area (Å²) in [7, 11) is 0. The number of aliphatic hydroxyl groups excluding tert-OH is 1. The molecule has 0 saturated heterocycles. The molecule has 0 aliphatic carbocycles. The van der Waals surface area contributed by atoms with Gasteiger partial charge in [-0.05, 0) is 17.7 Å². The fraction of sp³-hybridized carbons (Fsp3) is 0.111. The lowest BCUT2D eigenvalue weighted by molar-refractivity contribution is 0.228. The van der Waals surface area contributed by atoms with Crippen molar-refractivity contribution < 1.29 is 9.50 Å². The molecule has 1 aromatic rings. The zero-order valence-electron chi connectivity index (χ0n) is 6.30. The molecule has 1 aromatic carbocycles. The van der Waals surface area contributed by atoms with Crippen molar-refractivity contribution in [1.82, 2.24) is 0 Å². The predicted octanol–water partition coefficient (Wildman–Crippen LogP) is 2.70. The Bertz CT molecular complexity index is 299. The maximum absolute atomic E-state index is 12.8. The van der Waals surface area contributed by atoms with Gasteiger partial charge in [0.25, 0.3) is 0 Å². The van der Waals surface area contributed by atoms with Gasteiger partial charge in [0.15, 0.2) is 0 Å². The van der Waals surface area contributed by atoms with Gasteiger partial charge in [-0.2, -0.15) is 0 Å². The number of halogens is 2. The highest BCUT2D eigenvalue weighted by Gasteiger charge is 2.05. The Kier molecular flexibility index (Phi) is 2.84. The minimum absolute atomic E-state index is 0.0509. The van der Waals surface area contributed by atoms with Crippen molar-refractivity contribution in [3.8, 4) is 0 Å². The highest BCUT2D eigenvalue weighted by atomic mass is 35.5. The van der Waals surface area contributed by atoms with Crippen LogP contribution in [0.1, 0.15) is 11.7 Å². The van der Waals surface area contributed by atoms with Crippen LogP contribution >= 0.6 is 11.6 Å². The van der Waals surface area contributed by atoms with Crippen LogP contribution in [-0.4, -0.2) is 5.11 Å². The molecule has 0 bridgehead atoms. The van der Waals surface area contributed by atoms with Crippen molar-refractivity contribution in [2.24, 2.45) is 0 Å². The van der Waals surface area contributed by atoms with Gasteiger partial charge >= 0.3 is 0 Å². The lowest BCUT2D eigenvalue weighted by Gasteiger charge is -2.05. The third kappa shape index (κ3) is 1.84. The topological polar surface area (TPSA) is 20.2 Å². The number of hydrogen-bond donors (Lipinski definition) is 1. The Morgan fingerprint density at radius 2 is 2.25 bits per heavy atom. The Morgan fingerprint density at radius 1 is 1.58 bits per heavy atom. The summed E-state index contributed by atoms with van der Waals surface area (Å²) in [5.41, 5.74) is 0.451. The molecule has 1 unspecified atom stereocenters. The van der Waals surface area contributed by atoms with Crippen molar-refractivity contribution in [3.05, 3.63) is 47.3 Å². The molecule has 0 amide bonds. The summed E-state index contributed by atoms with van der Waals surface area (Å²) in [5.74, 6) is -0.532. The molecular formula is C9H8ClFO. The summed E-state index contributed by atoms with van der Waals surface area (Å²) < 4.78 is 12.8. The molecular weight excluding hydrogens is 179 g/mol. The SMILES string of the molecule is C=CC(O)c1ccc(Cl)c(F)c1. The quantitative estimate of drug-likeness (QED) is 0.705. The first-order chi connectivity index (χ1) is 5.65. The molecule has 1 N–H and O–H groups in total. The first kappa shape index (κ1) is 9.23. The van der Waals surface area contributed by atoms with Crippen LogP contribution in [0.4, 0.5) is 4.39 Å². The van der Waals surface area contributed by atoms with Crippen molar-refractivity contribution in [3.63, 3.8) is 0 Å². The number of rotatable bonds is 2. The molecule has 64 valence electrons. The average molecular weight is 187 g/mol. The zero-order valence-corrected chi connectivity index (χ0v) is 7.05. The molecule has 1 atom stereocenters. The van der Waals surface area contributed by atoms with Crippen molar-refractivity contribution in [2.45, 2.75) is 6.10 Å². The maximum atomic E-state index is 12.8. The highest BCUT2D eigenvalue weighted by molar-refractivity contribution is 6.30. The van der Waals surface area contributed by atoms with E-state index in [9.17, 15) is 9.50 Å². The summed E-state index contributed by atoms with van der Waals surface area (Å²) in [6.07, 6.45) is 0.486. The third-order valence-corrected chi connectivity index (χ3v) is 1.81. The average Bonchev–Trinajstić information content (AvgIpc) is 2.08. The minimum atomic E-state index is -0.836. The normalized spacial score (nSPS) is 12.6. The van der Waals surface area contributed by atoms with Gasteiger partial charge in [-0.1, -0.05) is 23.7 Å². The first-order valence-corrected chi connectivity index (χ1v) is 3.78. The summed E-state index contributed by atoms with van der Waals surface area (Å²) >= 11 is 5.45. The molecule has 12 heavy (non-hydrogen) atoms. The van der Waals surface area contributed by atoms with E-state index in [1.54, 1.807) is 6.07 Å². The Labute approximate surface area is 75.1 Å².